The first kappa shape index (κ1) is 20.6. The van der Waals surface area contributed by atoms with Crippen LogP contribution in [0.2, 0.25) is 10.0 Å². The SMILES string of the molecule is O=C(NN1C(=O)c2ccccc2NC1c1ccc(Cl)cc1Cl)c1ccc([N+](=O)[O-])cc1. The second kappa shape index (κ2) is 8.25. The number of non-ortho nitro benzene ring substituents is 1. The van der Waals surface area contributed by atoms with Crippen LogP contribution in [0.3, 0.4) is 0 Å². The molecule has 0 fully saturated rings. The Kier molecular flexibility index (Phi) is 5.50. The van der Waals surface area contributed by atoms with Gasteiger partial charge in [-0.05, 0) is 36.4 Å². The molecule has 3 aromatic carbocycles. The molecule has 8 nitrogen and oxygen atoms in total. The molecule has 0 radical (unpaired) electrons. The van der Waals surface area contributed by atoms with Crippen molar-refractivity contribution in [2.75, 3.05) is 5.32 Å². The molecule has 1 aliphatic rings. The highest BCUT2D eigenvalue weighted by Gasteiger charge is 2.35. The lowest BCUT2D eigenvalue weighted by atomic mass is 10.0. The largest absolute Gasteiger partial charge is 0.359 e. The van der Waals surface area contributed by atoms with Gasteiger partial charge in [0, 0.05) is 39.0 Å². The highest BCUT2D eigenvalue weighted by molar-refractivity contribution is 6.35. The van der Waals surface area contributed by atoms with Gasteiger partial charge in [0.05, 0.1) is 10.5 Å². The van der Waals surface area contributed by atoms with E-state index in [0.717, 1.165) is 5.01 Å². The monoisotopic (exact) mass is 456 g/mol. The molecule has 0 bridgehead atoms. The standard InChI is InChI=1S/C21H14Cl2N4O4/c22-13-7-10-15(17(23)11-13)19-24-18-4-2-1-3-16(18)21(29)26(19)25-20(28)12-5-8-14(9-6-12)27(30)31/h1-11,19,24H,(H,25,28). The summed E-state index contributed by atoms with van der Waals surface area (Å²) >= 11 is 12.4. The van der Waals surface area contributed by atoms with Crippen molar-refractivity contribution in [3.8, 4) is 0 Å². The molecule has 1 unspecified atom stereocenters. The Morgan fingerprint density at radius 3 is 2.45 bits per heavy atom. The minimum atomic E-state index is -0.811. The quantitative estimate of drug-likeness (QED) is 0.432. The van der Waals surface area contributed by atoms with Crippen LogP contribution in [-0.4, -0.2) is 21.7 Å². The van der Waals surface area contributed by atoms with E-state index in [0.29, 0.717) is 26.9 Å². The Balaban J connectivity index is 1.70. The van der Waals surface area contributed by atoms with E-state index in [4.69, 9.17) is 23.2 Å². The van der Waals surface area contributed by atoms with Gasteiger partial charge in [-0.1, -0.05) is 41.4 Å². The van der Waals surface area contributed by atoms with Crippen molar-refractivity contribution in [3.63, 3.8) is 0 Å². The van der Waals surface area contributed by atoms with Crippen LogP contribution in [0.15, 0.2) is 66.7 Å². The minimum Gasteiger partial charge on any atom is -0.359 e. The number of carbonyl (C=O) groups excluding carboxylic acids is 2. The van der Waals surface area contributed by atoms with Crippen LogP contribution < -0.4 is 10.7 Å². The molecule has 3 aromatic rings. The zero-order valence-electron chi connectivity index (χ0n) is 15.7. The number of amides is 2. The van der Waals surface area contributed by atoms with Crippen LogP contribution >= 0.6 is 23.2 Å². The van der Waals surface area contributed by atoms with Crippen molar-refractivity contribution < 1.29 is 14.5 Å². The van der Waals surface area contributed by atoms with Crippen LogP contribution in [0, 0.1) is 10.1 Å². The molecular weight excluding hydrogens is 443 g/mol. The molecule has 2 amide bonds. The van der Waals surface area contributed by atoms with E-state index in [1.807, 2.05) is 0 Å². The Bertz CT molecular complexity index is 1200. The lowest BCUT2D eigenvalue weighted by molar-refractivity contribution is -0.384. The third-order valence-electron chi connectivity index (χ3n) is 4.75. The van der Waals surface area contributed by atoms with E-state index in [-0.39, 0.29) is 11.3 Å². The smallest absolute Gasteiger partial charge is 0.276 e. The van der Waals surface area contributed by atoms with Gasteiger partial charge in [0.1, 0.15) is 6.17 Å². The molecular formula is C21H14Cl2N4O4. The van der Waals surface area contributed by atoms with Crippen LogP contribution in [0.25, 0.3) is 0 Å². The molecule has 0 aliphatic carbocycles. The lowest BCUT2D eigenvalue weighted by Crippen LogP contribution is -2.52. The number of nitro groups is 1. The third-order valence-corrected chi connectivity index (χ3v) is 5.31. The predicted molar refractivity (Wildman–Crippen MR) is 116 cm³/mol. The molecule has 4 rings (SSSR count). The fraction of sp³-hybridized carbons (Fsp3) is 0.0476. The Morgan fingerprint density at radius 2 is 1.77 bits per heavy atom. The average Bonchev–Trinajstić information content (AvgIpc) is 2.76. The average molecular weight is 457 g/mol. The first-order valence-corrected chi connectivity index (χ1v) is 9.80. The minimum absolute atomic E-state index is 0.146. The Labute approximate surface area is 186 Å². The molecule has 0 saturated carbocycles. The maximum absolute atomic E-state index is 13.2. The van der Waals surface area contributed by atoms with Gasteiger partial charge in [-0.25, -0.2) is 5.01 Å². The van der Waals surface area contributed by atoms with Crippen molar-refractivity contribution in [1.29, 1.82) is 0 Å². The van der Waals surface area contributed by atoms with Crippen molar-refractivity contribution in [2.24, 2.45) is 0 Å². The van der Waals surface area contributed by atoms with E-state index >= 15 is 0 Å². The molecule has 0 saturated heterocycles. The maximum atomic E-state index is 13.2. The topological polar surface area (TPSA) is 105 Å². The number of nitrogens with one attached hydrogen (secondary N) is 2. The molecule has 0 spiro atoms. The number of carbonyl (C=O) groups is 2. The van der Waals surface area contributed by atoms with Crippen LogP contribution in [0.5, 0.6) is 0 Å². The van der Waals surface area contributed by atoms with Gasteiger partial charge in [-0.15, -0.1) is 0 Å². The number of halogens is 2. The number of rotatable bonds is 4. The number of nitrogens with zero attached hydrogens (tertiary/aromatic N) is 2. The second-order valence-electron chi connectivity index (χ2n) is 6.68. The highest BCUT2D eigenvalue weighted by Crippen LogP contribution is 2.35. The van der Waals surface area contributed by atoms with Crippen LogP contribution in [0.4, 0.5) is 11.4 Å². The number of hydrazine groups is 1. The normalized spacial score (nSPS) is 15.1. The number of fused-ring (bicyclic) bond motifs is 1. The summed E-state index contributed by atoms with van der Waals surface area (Å²) in [6, 6.07) is 16.8. The van der Waals surface area contributed by atoms with Crippen molar-refractivity contribution in [1.82, 2.24) is 10.4 Å². The van der Waals surface area contributed by atoms with Gasteiger partial charge in [-0.3, -0.25) is 25.1 Å². The van der Waals surface area contributed by atoms with E-state index in [9.17, 15) is 19.7 Å². The maximum Gasteiger partial charge on any atom is 0.276 e. The van der Waals surface area contributed by atoms with E-state index in [2.05, 4.69) is 10.7 Å². The Hall–Kier alpha value is -3.62. The highest BCUT2D eigenvalue weighted by atomic mass is 35.5. The van der Waals surface area contributed by atoms with Gasteiger partial charge in [0.15, 0.2) is 0 Å². The van der Waals surface area contributed by atoms with Crippen molar-refractivity contribution in [2.45, 2.75) is 6.17 Å². The predicted octanol–water partition coefficient (Wildman–Crippen LogP) is 4.81. The molecule has 1 aliphatic heterocycles. The molecule has 0 aromatic heterocycles. The van der Waals surface area contributed by atoms with Crippen LogP contribution in [0.1, 0.15) is 32.4 Å². The summed E-state index contributed by atoms with van der Waals surface area (Å²) in [5.41, 5.74) is 4.07. The molecule has 1 atom stereocenters. The molecule has 1 heterocycles. The van der Waals surface area contributed by atoms with Gasteiger partial charge >= 0.3 is 0 Å². The summed E-state index contributed by atoms with van der Waals surface area (Å²) in [4.78, 5) is 36.3. The summed E-state index contributed by atoms with van der Waals surface area (Å²) in [6.45, 7) is 0. The van der Waals surface area contributed by atoms with Gasteiger partial charge in [0.25, 0.3) is 17.5 Å². The fourth-order valence-electron chi connectivity index (χ4n) is 3.22. The number of nitro benzene ring substituents is 1. The number of para-hydroxylation sites is 1. The first-order valence-electron chi connectivity index (χ1n) is 9.04. The number of hydrogen-bond acceptors (Lipinski definition) is 5. The molecule has 2 N–H and O–H groups in total. The van der Waals surface area contributed by atoms with Gasteiger partial charge < -0.3 is 5.32 Å². The number of hydrogen-bond donors (Lipinski definition) is 2. The molecule has 156 valence electrons. The summed E-state index contributed by atoms with van der Waals surface area (Å²) in [7, 11) is 0. The summed E-state index contributed by atoms with van der Waals surface area (Å²) in [5.74, 6) is -1.06. The van der Waals surface area contributed by atoms with Gasteiger partial charge in [0.2, 0.25) is 0 Å². The molecule has 31 heavy (non-hydrogen) atoms. The van der Waals surface area contributed by atoms with E-state index < -0.39 is 22.9 Å². The van der Waals surface area contributed by atoms with E-state index in [1.54, 1.807) is 42.5 Å². The third kappa shape index (κ3) is 4.03. The zero-order chi connectivity index (χ0) is 22.1. The summed E-state index contributed by atoms with van der Waals surface area (Å²) in [5, 5.41) is 15.9. The van der Waals surface area contributed by atoms with Crippen LogP contribution in [-0.2, 0) is 0 Å². The Morgan fingerprint density at radius 1 is 1.06 bits per heavy atom. The summed E-state index contributed by atoms with van der Waals surface area (Å²) in [6.07, 6.45) is -0.811. The van der Waals surface area contributed by atoms with E-state index in [1.165, 1.54) is 24.3 Å². The van der Waals surface area contributed by atoms with Gasteiger partial charge in [-0.2, -0.15) is 0 Å². The first-order chi connectivity index (χ1) is 14.8. The van der Waals surface area contributed by atoms with Crippen molar-refractivity contribution in [3.05, 3.63) is 104 Å². The zero-order valence-corrected chi connectivity index (χ0v) is 17.2. The summed E-state index contributed by atoms with van der Waals surface area (Å²) < 4.78 is 0. The van der Waals surface area contributed by atoms with Crippen molar-refractivity contribution >= 4 is 46.4 Å². The fourth-order valence-corrected chi connectivity index (χ4v) is 3.73. The number of anilines is 1. The lowest BCUT2D eigenvalue weighted by Gasteiger charge is -2.38. The molecule has 10 heteroatoms. The number of benzene rings is 3. The second-order valence-corrected chi connectivity index (χ2v) is 7.52.